The number of aryl methyl sites for hydroxylation is 1. The highest BCUT2D eigenvalue weighted by molar-refractivity contribution is 5.12. The molecular weight excluding hydrogens is 252 g/mol. The van der Waals surface area contributed by atoms with Crippen LogP contribution in [0.15, 0.2) is 16.5 Å². The summed E-state index contributed by atoms with van der Waals surface area (Å²) >= 11 is 0. The molecule has 2 atom stereocenters. The zero-order chi connectivity index (χ0) is 14.5. The molecule has 20 heavy (non-hydrogen) atoms. The van der Waals surface area contributed by atoms with Crippen LogP contribution in [0.2, 0.25) is 0 Å². The van der Waals surface area contributed by atoms with Gasteiger partial charge in [-0.3, -0.25) is 4.90 Å². The molecule has 0 bridgehead atoms. The number of nitrogens with zero attached hydrogens (tertiary/aromatic N) is 1. The van der Waals surface area contributed by atoms with Crippen molar-refractivity contribution in [3.05, 3.63) is 23.7 Å². The van der Waals surface area contributed by atoms with Gasteiger partial charge in [0.1, 0.15) is 11.5 Å². The quantitative estimate of drug-likeness (QED) is 0.841. The number of nitrogens with two attached hydrogens (primary N) is 1. The van der Waals surface area contributed by atoms with Gasteiger partial charge in [0.05, 0.1) is 12.6 Å². The smallest absolute Gasteiger partial charge is 0.122 e. The van der Waals surface area contributed by atoms with E-state index < -0.39 is 0 Å². The predicted molar refractivity (Wildman–Crippen MR) is 80.5 cm³/mol. The monoisotopic (exact) mass is 280 g/mol. The van der Waals surface area contributed by atoms with Crippen LogP contribution in [-0.4, -0.2) is 35.2 Å². The Morgan fingerprint density at radius 1 is 1.35 bits per heavy atom. The summed E-state index contributed by atoms with van der Waals surface area (Å²) in [4.78, 5) is 2.36. The van der Waals surface area contributed by atoms with Crippen molar-refractivity contribution in [2.24, 2.45) is 5.73 Å². The molecule has 1 heterocycles. The van der Waals surface area contributed by atoms with Crippen LogP contribution in [0.3, 0.4) is 0 Å². The molecule has 4 nitrogen and oxygen atoms in total. The molecule has 0 spiro atoms. The van der Waals surface area contributed by atoms with Crippen molar-refractivity contribution in [3.63, 3.8) is 0 Å². The number of hydrogen-bond acceptors (Lipinski definition) is 4. The molecular formula is C16H28N2O2. The topological polar surface area (TPSA) is 62.6 Å². The summed E-state index contributed by atoms with van der Waals surface area (Å²) in [6.07, 6.45) is 6.27. The molecule has 0 saturated heterocycles. The van der Waals surface area contributed by atoms with Gasteiger partial charge >= 0.3 is 0 Å². The van der Waals surface area contributed by atoms with Crippen molar-refractivity contribution in [3.8, 4) is 0 Å². The molecule has 0 amide bonds. The first-order chi connectivity index (χ1) is 9.63. The summed E-state index contributed by atoms with van der Waals surface area (Å²) in [5, 5.41) is 9.44. The summed E-state index contributed by atoms with van der Waals surface area (Å²) < 4.78 is 5.82. The summed E-state index contributed by atoms with van der Waals surface area (Å²) in [6, 6.07) is 4.56. The van der Waals surface area contributed by atoms with Crippen LogP contribution >= 0.6 is 0 Å². The normalized spacial score (nSPS) is 20.2. The fourth-order valence-electron chi connectivity index (χ4n) is 3.41. The Balaban J connectivity index is 2.22. The fraction of sp³-hybridized carbons (Fsp3) is 0.750. The van der Waals surface area contributed by atoms with Gasteiger partial charge in [-0.25, -0.2) is 0 Å². The summed E-state index contributed by atoms with van der Waals surface area (Å²) in [6.45, 7) is 4.81. The molecule has 114 valence electrons. The molecule has 1 aliphatic carbocycles. The van der Waals surface area contributed by atoms with Crippen molar-refractivity contribution in [2.45, 2.75) is 64.1 Å². The number of rotatable bonds is 6. The van der Waals surface area contributed by atoms with Crippen molar-refractivity contribution in [1.29, 1.82) is 0 Å². The van der Waals surface area contributed by atoms with Crippen LogP contribution < -0.4 is 5.73 Å². The van der Waals surface area contributed by atoms with Crippen LogP contribution in [0.25, 0.3) is 0 Å². The maximum atomic E-state index is 9.44. The molecule has 1 aromatic rings. The van der Waals surface area contributed by atoms with Gasteiger partial charge in [0.25, 0.3) is 0 Å². The summed E-state index contributed by atoms with van der Waals surface area (Å²) in [5.74, 6) is 1.84. The van der Waals surface area contributed by atoms with E-state index in [9.17, 15) is 5.11 Å². The lowest BCUT2D eigenvalue weighted by atomic mass is 9.91. The van der Waals surface area contributed by atoms with Gasteiger partial charge < -0.3 is 15.3 Å². The third-order valence-electron chi connectivity index (χ3n) is 4.31. The van der Waals surface area contributed by atoms with Crippen molar-refractivity contribution in [2.75, 3.05) is 13.2 Å². The first-order valence-electron chi connectivity index (χ1n) is 7.82. The Morgan fingerprint density at radius 2 is 2.05 bits per heavy atom. The fourth-order valence-corrected chi connectivity index (χ4v) is 3.41. The van der Waals surface area contributed by atoms with Gasteiger partial charge in [-0.15, -0.1) is 0 Å². The third kappa shape index (κ3) is 3.62. The highest BCUT2D eigenvalue weighted by Gasteiger charge is 2.32. The van der Waals surface area contributed by atoms with Crippen LogP contribution in [0.1, 0.15) is 56.6 Å². The lowest BCUT2D eigenvalue weighted by Crippen LogP contribution is -2.47. The van der Waals surface area contributed by atoms with Gasteiger partial charge in [-0.1, -0.05) is 19.3 Å². The van der Waals surface area contributed by atoms with Gasteiger partial charge in [0.15, 0.2) is 0 Å². The van der Waals surface area contributed by atoms with Crippen LogP contribution in [0, 0.1) is 6.92 Å². The molecule has 0 aromatic carbocycles. The summed E-state index contributed by atoms with van der Waals surface area (Å²) in [7, 11) is 0. The van der Waals surface area contributed by atoms with Gasteiger partial charge in [-0.2, -0.15) is 0 Å². The Bertz CT molecular complexity index is 397. The van der Waals surface area contributed by atoms with E-state index >= 15 is 0 Å². The van der Waals surface area contributed by atoms with E-state index in [1.165, 1.54) is 32.1 Å². The SMILES string of the molecule is Cc1ccc(C(C(C)N)N(CCO)C2CCCCC2)o1. The first kappa shape index (κ1) is 15.5. The van der Waals surface area contributed by atoms with Crippen molar-refractivity contribution in [1.82, 2.24) is 4.90 Å². The first-order valence-corrected chi connectivity index (χ1v) is 7.82. The highest BCUT2D eigenvalue weighted by Crippen LogP contribution is 2.32. The highest BCUT2D eigenvalue weighted by atomic mass is 16.3. The molecule has 0 aliphatic heterocycles. The van der Waals surface area contributed by atoms with E-state index in [1.54, 1.807) is 0 Å². The number of aliphatic hydroxyl groups excluding tert-OH is 1. The maximum absolute atomic E-state index is 9.44. The maximum Gasteiger partial charge on any atom is 0.122 e. The molecule has 1 aliphatic rings. The standard InChI is InChI=1S/C16H28N2O2/c1-12-8-9-15(20-12)16(13(2)17)18(10-11-19)14-6-4-3-5-7-14/h8-9,13-14,16,19H,3-7,10-11,17H2,1-2H3. The van der Waals surface area contributed by atoms with E-state index in [0.717, 1.165) is 11.5 Å². The molecule has 1 fully saturated rings. The zero-order valence-corrected chi connectivity index (χ0v) is 12.7. The second-order valence-corrected chi connectivity index (χ2v) is 6.01. The minimum atomic E-state index is -0.0194. The molecule has 3 N–H and O–H groups in total. The van der Waals surface area contributed by atoms with Crippen molar-refractivity contribution < 1.29 is 9.52 Å². The molecule has 0 radical (unpaired) electrons. The van der Waals surface area contributed by atoms with Crippen LogP contribution in [-0.2, 0) is 0 Å². The second kappa shape index (κ2) is 7.25. The van der Waals surface area contributed by atoms with Gasteiger partial charge in [0, 0.05) is 18.6 Å². The number of furan rings is 1. The Morgan fingerprint density at radius 3 is 2.55 bits per heavy atom. The minimum absolute atomic E-state index is 0.0194. The van der Waals surface area contributed by atoms with Crippen molar-refractivity contribution >= 4 is 0 Å². The van der Waals surface area contributed by atoms with Gasteiger partial charge in [0.2, 0.25) is 0 Å². The average molecular weight is 280 g/mol. The lowest BCUT2D eigenvalue weighted by Gasteiger charge is -2.40. The second-order valence-electron chi connectivity index (χ2n) is 6.01. The van der Waals surface area contributed by atoms with Crippen LogP contribution in [0.4, 0.5) is 0 Å². The number of hydrogen-bond donors (Lipinski definition) is 2. The summed E-state index contributed by atoms with van der Waals surface area (Å²) in [5.41, 5.74) is 6.23. The molecule has 1 aromatic heterocycles. The molecule has 4 heteroatoms. The predicted octanol–water partition coefficient (Wildman–Crippen LogP) is 2.60. The Hall–Kier alpha value is -0.840. The Kier molecular flexibility index (Phi) is 5.64. The Labute approximate surface area is 121 Å². The zero-order valence-electron chi connectivity index (χ0n) is 12.7. The van der Waals surface area contributed by atoms with E-state index in [2.05, 4.69) is 4.90 Å². The van der Waals surface area contributed by atoms with E-state index in [1.807, 2.05) is 26.0 Å². The minimum Gasteiger partial charge on any atom is -0.465 e. The van der Waals surface area contributed by atoms with E-state index in [0.29, 0.717) is 12.6 Å². The lowest BCUT2D eigenvalue weighted by molar-refractivity contribution is 0.0593. The molecule has 2 unspecified atom stereocenters. The van der Waals surface area contributed by atoms with Gasteiger partial charge in [-0.05, 0) is 38.8 Å². The van der Waals surface area contributed by atoms with E-state index in [4.69, 9.17) is 10.2 Å². The largest absolute Gasteiger partial charge is 0.465 e. The molecule has 1 saturated carbocycles. The average Bonchev–Trinajstić information content (AvgIpc) is 2.85. The molecule has 2 rings (SSSR count). The van der Waals surface area contributed by atoms with E-state index in [-0.39, 0.29) is 18.7 Å². The number of aliphatic hydroxyl groups is 1. The third-order valence-corrected chi connectivity index (χ3v) is 4.31. The van der Waals surface area contributed by atoms with Crippen LogP contribution in [0.5, 0.6) is 0 Å².